The second-order valence-corrected chi connectivity index (χ2v) is 6.56. The van der Waals surface area contributed by atoms with Crippen molar-refractivity contribution in [1.29, 1.82) is 0 Å². The highest BCUT2D eigenvalue weighted by Gasteiger charge is 2.38. The average Bonchev–Trinajstić information content (AvgIpc) is 2.90. The molecule has 0 aliphatic carbocycles. The van der Waals surface area contributed by atoms with Crippen molar-refractivity contribution in [2.45, 2.75) is 31.4 Å². The number of hydrogen-bond donors (Lipinski definition) is 1. The van der Waals surface area contributed by atoms with Gasteiger partial charge in [0, 0.05) is 32.1 Å². The van der Waals surface area contributed by atoms with Crippen LogP contribution in [-0.2, 0) is 4.79 Å². The molecule has 1 aromatic rings. The second kappa shape index (κ2) is 6.74. The number of carboxylic acid groups (broad SMARTS) is 1. The number of amides is 2. The molecular formula is C15H18BrN3O4. The van der Waals surface area contributed by atoms with Gasteiger partial charge in [0.05, 0.1) is 6.20 Å². The molecular weight excluding hydrogens is 366 g/mol. The van der Waals surface area contributed by atoms with E-state index in [9.17, 15) is 9.59 Å². The van der Waals surface area contributed by atoms with E-state index in [1.165, 1.54) is 4.90 Å². The van der Waals surface area contributed by atoms with Crippen LogP contribution in [0.15, 0.2) is 22.9 Å². The monoisotopic (exact) mass is 383 g/mol. The number of ether oxygens (including phenoxy) is 1. The number of rotatable bonds is 3. The molecule has 7 nitrogen and oxygen atoms in total. The smallest absolute Gasteiger partial charge is 0.407 e. The summed E-state index contributed by atoms with van der Waals surface area (Å²) in [6.45, 7) is 1.61. The second-order valence-electron chi connectivity index (χ2n) is 5.74. The van der Waals surface area contributed by atoms with Gasteiger partial charge in [0.1, 0.15) is 10.4 Å². The molecule has 1 unspecified atom stereocenters. The quantitative estimate of drug-likeness (QED) is 0.806. The van der Waals surface area contributed by atoms with Crippen molar-refractivity contribution >= 4 is 27.9 Å². The zero-order chi connectivity index (χ0) is 16.4. The predicted molar refractivity (Wildman–Crippen MR) is 85.3 cm³/mol. The molecule has 8 heteroatoms. The maximum absolute atomic E-state index is 12.5. The average molecular weight is 384 g/mol. The van der Waals surface area contributed by atoms with E-state index >= 15 is 0 Å². The van der Waals surface area contributed by atoms with Crippen molar-refractivity contribution in [3.8, 4) is 5.75 Å². The number of hydrogen-bond acceptors (Lipinski definition) is 4. The Labute approximate surface area is 142 Å². The molecule has 3 rings (SSSR count). The number of nitrogens with zero attached hydrogens (tertiary/aromatic N) is 3. The van der Waals surface area contributed by atoms with E-state index in [1.807, 2.05) is 4.90 Å². The first kappa shape index (κ1) is 16.0. The van der Waals surface area contributed by atoms with Crippen molar-refractivity contribution in [2.75, 3.05) is 19.6 Å². The third kappa shape index (κ3) is 3.57. The molecule has 124 valence electrons. The SMILES string of the molecule is O=C(O)N1CCC(N2CCC(Oc3ccc(Br)nc3)C2=O)CC1. The van der Waals surface area contributed by atoms with Crippen molar-refractivity contribution in [1.82, 2.24) is 14.8 Å². The summed E-state index contributed by atoms with van der Waals surface area (Å²) in [5.41, 5.74) is 0. The number of piperidine rings is 1. The normalized spacial score (nSPS) is 22.5. The maximum Gasteiger partial charge on any atom is 0.407 e. The molecule has 0 bridgehead atoms. The Hall–Kier alpha value is -1.83. The summed E-state index contributed by atoms with van der Waals surface area (Å²) in [6, 6.07) is 3.65. The van der Waals surface area contributed by atoms with Crippen LogP contribution in [0.1, 0.15) is 19.3 Å². The third-order valence-electron chi connectivity index (χ3n) is 4.35. The lowest BCUT2D eigenvalue weighted by Gasteiger charge is -2.35. The van der Waals surface area contributed by atoms with Gasteiger partial charge in [0.15, 0.2) is 6.10 Å². The van der Waals surface area contributed by atoms with Gasteiger partial charge in [-0.15, -0.1) is 0 Å². The fourth-order valence-corrected chi connectivity index (χ4v) is 3.35. The van der Waals surface area contributed by atoms with Crippen LogP contribution in [0.3, 0.4) is 0 Å². The Morgan fingerprint density at radius 1 is 1.26 bits per heavy atom. The van der Waals surface area contributed by atoms with Gasteiger partial charge in [-0.3, -0.25) is 4.79 Å². The Balaban J connectivity index is 1.57. The zero-order valence-electron chi connectivity index (χ0n) is 12.5. The van der Waals surface area contributed by atoms with Gasteiger partial charge in [-0.1, -0.05) is 0 Å². The summed E-state index contributed by atoms with van der Waals surface area (Å²) < 4.78 is 6.46. The lowest BCUT2D eigenvalue weighted by molar-refractivity contribution is -0.136. The highest BCUT2D eigenvalue weighted by atomic mass is 79.9. The van der Waals surface area contributed by atoms with Crippen LogP contribution in [0.5, 0.6) is 5.75 Å². The largest absolute Gasteiger partial charge is 0.479 e. The Kier molecular flexibility index (Phi) is 4.70. The minimum atomic E-state index is -0.889. The molecule has 1 N–H and O–H groups in total. The number of carbonyl (C=O) groups is 2. The first-order valence-electron chi connectivity index (χ1n) is 7.61. The third-order valence-corrected chi connectivity index (χ3v) is 4.81. The number of aromatic nitrogens is 1. The minimum absolute atomic E-state index is 0.0123. The first-order chi connectivity index (χ1) is 11.0. The van der Waals surface area contributed by atoms with E-state index < -0.39 is 12.2 Å². The highest BCUT2D eigenvalue weighted by Crippen LogP contribution is 2.25. The fourth-order valence-electron chi connectivity index (χ4n) is 3.11. The molecule has 2 saturated heterocycles. The number of carbonyl (C=O) groups excluding carboxylic acids is 1. The van der Waals surface area contributed by atoms with Crippen LogP contribution >= 0.6 is 15.9 Å². The summed E-state index contributed by atoms with van der Waals surface area (Å²) in [7, 11) is 0. The van der Waals surface area contributed by atoms with Crippen LogP contribution in [0.2, 0.25) is 0 Å². The topological polar surface area (TPSA) is 83.0 Å². The van der Waals surface area contributed by atoms with Gasteiger partial charge in [-0.25, -0.2) is 9.78 Å². The Morgan fingerprint density at radius 3 is 2.61 bits per heavy atom. The molecule has 23 heavy (non-hydrogen) atoms. The molecule has 2 aliphatic rings. The van der Waals surface area contributed by atoms with Gasteiger partial charge in [0.25, 0.3) is 5.91 Å². The standard InChI is InChI=1S/C15H18BrN3O4/c16-13-2-1-11(9-17-13)23-12-5-8-19(14(12)20)10-3-6-18(7-4-10)15(21)22/h1-2,9-10,12H,3-8H2,(H,21,22). The van der Waals surface area contributed by atoms with Gasteiger partial charge >= 0.3 is 6.09 Å². The van der Waals surface area contributed by atoms with Crippen molar-refractivity contribution < 1.29 is 19.4 Å². The van der Waals surface area contributed by atoms with Crippen molar-refractivity contribution in [3.63, 3.8) is 0 Å². The summed E-state index contributed by atoms with van der Waals surface area (Å²) >= 11 is 3.26. The van der Waals surface area contributed by atoms with E-state index in [2.05, 4.69) is 20.9 Å². The van der Waals surface area contributed by atoms with Crippen LogP contribution < -0.4 is 4.74 Å². The van der Waals surface area contributed by atoms with Crippen molar-refractivity contribution in [3.05, 3.63) is 22.9 Å². The Morgan fingerprint density at radius 2 is 2.00 bits per heavy atom. The maximum atomic E-state index is 12.5. The van der Waals surface area contributed by atoms with E-state index in [0.29, 0.717) is 44.6 Å². The van der Waals surface area contributed by atoms with E-state index in [4.69, 9.17) is 9.84 Å². The number of pyridine rings is 1. The van der Waals surface area contributed by atoms with Crippen LogP contribution in [0, 0.1) is 0 Å². The summed E-state index contributed by atoms with van der Waals surface area (Å²) in [5, 5.41) is 8.98. The van der Waals surface area contributed by atoms with Gasteiger partial charge in [-0.2, -0.15) is 0 Å². The first-order valence-corrected chi connectivity index (χ1v) is 8.40. The van der Waals surface area contributed by atoms with Crippen molar-refractivity contribution in [2.24, 2.45) is 0 Å². The molecule has 2 aliphatic heterocycles. The van der Waals surface area contributed by atoms with Gasteiger partial charge in [-0.05, 0) is 40.9 Å². The Bertz CT molecular complexity index is 587. The molecule has 3 heterocycles. The molecule has 0 saturated carbocycles. The number of halogens is 1. The minimum Gasteiger partial charge on any atom is -0.479 e. The number of likely N-dealkylation sites (tertiary alicyclic amines) is 2. The zero-order valence-corrected chi connectivity index (χ0v) is 14.1. The van der Waals surface area contributed by atoms with E-state index in [-0.39, 0.29) is 11.9 Å². The van der Waals surface area contributed by atoms with Crippen LogP contribution in [0.25, 0.3) is 0 Å². The summed E-state index contributed by atoms with van der Waals surface area (Å²) in [5.74, 6) is 0.566. The van der Waals surface area contributed by atoms with Crippen LogP contribution in [0.4, 0.5) is 4.79 Å². The lowest BCUT2D eigenvalue weighted by Crippen LogP contribution is -2.48. The molecule has 0 spiro atoms. The summed E-state index contributed by atoms with van der Waals surface area (Å²) in [4.78, 5) is 30.8. The summed E-state index contributed by atoms with van der Waals surface area (Å²) in [6.07, 6.45) is 2.24. The fraction of sp³-hybridized carbons (Fsp3) is 0.533. The molecule has 2 amide bonds. The van der Waals surface area contributed by atoms with Crippen LogP contribution in [-0.4, -0.2) is 63.7 Å². The molecule has 0 radical (unpaired) electrons. The molecule has 1 atom stereocenters. The highest BCUT2D eigenvalue weighted by molar-refractivity contribution is 9.10. The molecule has 2 fully saturated rings. The van der Waals surface area contributed by atoms with Gasteiger partial charge < -0.3 is 19.6 Å². The lowest BCUT2D eigenvalue weighted by atomic mass is 10.0. The molecule has 0 aromatic carbocycles. The van der Waals surface area contributed by atoms with E-state index in [0.717, 1.165) is 4.60 Å². The van der Waals surface area contributed by atoms with E-state index in [1.54, 1.807) is 18.3 Å². The molecule has 1 aromatic heterocycles. The van der Waals surface area contributed by atoms with Gasteiger partial charge in [0.2, 0.25) is 0 Å². The predicted octanol–water partition coefficient (Wildman–Crippen LogP) is 1.97.